The molecule has 1 aromatic heterocycles. The molecule has 0 spiro atoms. The summed E-state index contributed by atoms with van der Waals surface area (Å²) in [6.07, 6.45) is 2.18. The highest BCUT2D eigenvalue weighted by atomic mass is 16.6. The van der Waals surface area contributed by atoms with Crippen LogP contribution in [0.3, 0.4) is 0 Å². The molecule has 0 fully saturated rings. The lowest BCUT2D eigenvalue weighted by molar-refractivity contribution is -0.400. The SMILES string of the molecule is Cn1c(=O)oc2cc(/C=C/[N+](=O)[O-])ccc21. The molecule has 0 saturated carbocycles. The van der Waals surface area contributed by atoms with Crippen molar-refractivity contribution >= 4 is 17.2 Å². The van der Waals surface area contributed by atoms with E-state index < -0.39 is 10.7 Å². The maximum Gasteiger partial charge on any atom is 0.419 e. The summed E-state index contributed by atoms with van der Waals surface area (Å²) in [5, 5.41) is 10.1. The first kappa shape index (κ1) is 10.2. The van der Waals surface area contributed by atoms with E-state index >= 15 is 0 Å². The van der Waals surface area contributed by atoms with Gasteiger partial charge in [-0.1, -0.05) is 6.07 Å². The predicted octanol–water partition coefficient (Wildman–Crippen LogP) is 1.38. The average Bonchev–Trinajstić information content (AvgIpc) is 2.52. The van der Waals surface area contributed by atoms with E-state index in [1.807, 2.05) is 0 Å². The summed E-state index contributed by atoms with van der Waals surface area (Å²) in [5.41, 5.74) is 1.68. The van der Waals surface area contributed by atoms with Gasteiger partial charge in [0.2, 0.25) is 6.20 Å². The first-order chi connectivity index (χ1) is 7.58. The largest absolute Gasteiger partial charge is 0.419 e. The van der Waals surface area contributed by atoms with Gasteiger partial charge in [0.15, 0.2) is 5.58 Å². The summed E-state index contributed by atoms with van der Waals surface area (Å²) < 4.78 is 6.32. The van der Waals surface area contributed by atoms with Gasteiger partial charge in [0, 0.05) is 13.1 Å². The van der Waals surface area contributed by atoms with Crippen molar-refractivity contribution in [1.82, 2.24) is 4.57 Å². The molecule has 1 aromatic carbocycles. The van der Waals surface area contributed by atoms with Crippen LogP contribution in [0.5, 0.6) is 0 Å². The number of nitro groups is 1. The predicted molar refractivity (Wildman–Crippen MR) is 57.5 cm³/mol. The smallest absolute Gasteiger partial charge is 0.408 e. The van der Waals surface area contributed by atoms with Crippen LogP contribution >= 0.6 is 0 Å². The van der Waals surface area contributed by atoms with E-state index in [0.29, 0.717) is 16.7 Å². The molecule has 16 heavy (non-hydrogen) atoms. The Balaban J connectivity index is 2.53. The molecule has 0 atom stereocenters. The summed E-state index contributed by atoms with van der Waals surface area (Å²) in [4.78, 5) is 20.8. The zero-order valence-electron chi connectivity index (χ0n) is 8.41. The molecule has 0 saturated heterocycles. The van der Waals surface area contributed by atoms with E-state index in [-0.39, 0.29) is 0 Å². The van der Waals surface area contributed by atoms with Gasteiger partial charge in [0.05, 0.1) is 10.4 Å². The number of hydrogen-bond acceptors (Lipinski definition) is 4. The Morgan fingerprint density at radius 1 is 1.50 bits per heavy atom. The second-order valence-corrected chi connectivity index (χ2v) is 3.26. The van der Waals surface area contributed by atoms with Crippen molar-refractivity contribution in [3.8, 4) is 0 Å². The minimum Gasteiger partial charge on any atom is -0.408 e. The fourth-order valence-electron chi connectivity index (χ4n) is 1.40. The van der Waals surface area contributed by atoms with E-state index in [1.165, 1.54) is 10.6 Å². The van der Waals surface area contributed by atoms with Crippen molar-refractivity contribution in [3.05, 3.63) is 50.6 Å². The van der Waals surface area contributed by atoms with Crippen LogP contribution in [0.1, 0.15) is 5.56 Å². The Bertz CT molecular complexity index is 636. The number of fused-ring (bicyclic) bond motifs is 1. The second kappa shape index (κ2) is 3.65. The molecule has 82 valence electrons. The van der Waals surface area contributed by atoms with Gasteiger partial charge in [-0.25, -0.2) is 4.79 Å². The zero-order chi connectivity index (χ0) is 11.7. The molecular weight excluding hydrogens is 212 g/mol. The molecule has 0 amide bonds. The molecule has 2 aromatic rings. The van der Waals surface area contributed by atoms with Crippen molar-refractivity contribution in [2.24, 2.45) is 7.05 Å². The molecule has 0 N–H and O–H groups in total. The molecule has 6 heteroatoms. The normalized spacial score (nSPS) is 11.3. The number of benzene rings is 1. The Morgan fingerprint density at radius 3 is 2.94 bits per heavy atom. The summed E-state index contributed by atoms with van der Waals surface area (Å²) >= 11 is 0. The maximum atomic E-state index is 11.2. The number of rotatable bonds is 2. The third-order valence-corrected chi connectivity index (χ3v) is 2.21. The first-order valence-corrected chi connectivity index (χ1v) is 4.49. The van der Waals surface area contributed by atoms with Crippen LogP contribution in [0.15, 0.2) is 33.6 Å². The number of oxazole rings is 1. The molecule has 0 bridgehead atoms. The lowest BCUT2D eigenvalue weighted by Crippen LogP contribution is -2.08. The molecule has 0 unspecified atom stereocenters. The van der Waals surface area contributed by atoms with Gasteiger partial charge in [-0.2, -0.15) is 0 Å². The van der Waals surface area contributed by atoms with Crippen molar-refractivity contribution in [3.63, 3.8) is 0 Å². The second-order valence-electron chi connectivity index (χ2n) is 3.26. The fraction of sp³-hybridized carbons (Fsp3) is 0.100. The van der Waals surface area contributed by atoms with Gasteiger partial charge in [-0.3, -0.25) is 14.7 Å². The Morgan fingerprint density at radius 2 is 2.25 bits per heavy atom. The van der Waals surface area contributed by atoms with Gasteiger partial charge >= 0.3 is 5.76 Å². The molecule has 2 rings (SSSR count). The first-order valence-electron chi connectivity index (χ1n) is 4.49. The minimum absolute atomic E-state index is 0.415. The van der Waals surface area contributed by atoms with Crippen LogP contribution in [-0.4, -0.2) is 9.49 Å². The van der Waals surface area contributed by atoms with Gasteiger partial charge in [-0.15, -0.1) is 0 Å². The number of aryl methyl sites for hydroxylation is 1. The van der Waals surface area contributed by atoms with E-state index in [4.69, 9.17) is 4.42 Å². The Hall–Kier alpha value is -2.37. The third-order valence-electron chi connectivity index (χ3n) is 2.21. The summed E-state index contributed by atoms with van der Waals surface area (Å²) in [6.45, 7) is 0. The van der Waals surface area contributed by atoms with Crippen molar-refractivity contribution < 1.29 is 9.34 Å². The number of hydrogen-bond donors (Lipinski definition) is 0. The Kier molecular flexibility index (Phi) is 2.32. The van der Waals surface area contributed by atoms with Crippen molar-refractivity contribution in [1.29, 1.82) is 0 Å². The summed E-state index contributed by atoms with van der Waals surface area (Å²) in [7, 11) is 1.60. The van der Waals surface area contributed by atoms with Gasteiger partial charge < -0.3 is 4.42 Å². The summed E-state index contributed by atoms with van der Waals surface area (Å²) in [6, 6.07) is 4.94. The topological polar surface area (TPSA) is 78.3 Å². The molecule has 0 aliphatic rings. The van der Waals surface area contributed by atoms with Crippen molar-refractivity contribution in [2.45, 2.75) is 0 Å². The van der Waals surface area contributed by atoms with Gasteiger partial charge in [-0.05, 0) is 17.7 Å². The average molecular weight is 220 g/mol. The van der Waals surface area contributed by atoms with Crippen LogP contribution in [0.4, 0.5) is 0 Å². The third kappa shape index (κ3) is 1.72. The van der Waals surface area contributed by atoms with Crippen LogP contribution in [0, 0.1) is 10.1 Å². The van der Waals surface area contributed by atoms with Crippen molar-refractivity contribution in [2.75, 3.05) is 0 Å². The lowest BCUT2D eigenvalue weighted by Gasteiger charge is -1.92. The molecule has 1 heterocycles. The fourth-order valence-corrected chi connectivity index (χ4v) is 1.40. The quantitative estimate of drug-likeness (QED) is 0.565. The van der Waals surface area contributed by atoms with E-state index in [1.54, 1.807) is 25.2 Å². The maximum absolute atomic E-state index is 11.2. The lowest BCUT2D eigenvalue weighted by atomic mass is 10.2. The van der Waals surface area contributed by atoms with Crippen LogP contribution in [0.25, 0.3) is 17.2 Å². The van der Waals surface area contributed by atoms with Crippen LogP contribution in [0.2, 0.25) is 0 Å². The van der Waals surface area contributed by atoms with Crippen LogP contribution in [-0.2, 0) is 7.05 Å². The number of aromatic nitrogens is 1. The van der Waals surface area contributed by atoms with E-state index in [0.717, 1.165) is 6.20 Å². The van der Waals surface area contributed by atoms with Crippen LogP contribution < -0.4 is 5.76 Å². The highest BCUT2D eigenvalue weighted by Gasteiger charge is 2.05. The van der Waals surface area contributed by atoms with E-state index in [9.17, 15) is 14.9 Å². The van der Waals surface area contributed by atoms with Gasteiger partial charge in [0.25, 0.3) is 0 Å². The standard InChI is InChI=1S/C10H8N2O4/c1-11-8-3-2-7(4-5-12(14)15)6-9(8)16-10(11)13/h2-6H,1H3/b5-4+. The summed E-state index contributed by atoms with van der Waals surface area (Å²) in [5.74, 6) is -0.453. The molecule has 6 nitrogen and oxygen atoms in total. The van der Waals surface area contributed by atoms with E-state index in [2.05, 4.69) is 0 Å². The molecule has 0 aliphatic carbocycles. The zero-order valence-corrected chi connectivity index (χ0v) is 8.41. The molecule has 0 aliphatic heterocycles. The Labute approximate surface area is 89.6 Å². The minimum atomic E-state index is -0.550. The molecule has 0 radical (unpaired) electrons. The highest BCUT2D eigenvalue weighted by Crippen LogP contribution is 2.15. The monoisotopic (exact) mass is 220 g/mol. The van der Waals surface area contributed by atoms with Gasteiger partial charge in [0.1, 0.15) is 0 Å². The highest BCUT2D eigenvalue weighted by molar-refractivity contribution is 5.76. The molecular formula is C10H8N2O4. The number of nitrogens with zero attached hydrogens (tertiary/aromatic N) is 2.